The molecule has 0 aliphatic heterocycles. The van der Waals surface area contributed by atoms with Crippen LogP contribution in [0.5, 0.6) is 5.19 Å². The molecule has 0 saturated heterocycles. The molecule has 0 radical (unpaired) electrons. The van der Waals surface area contributed by atoms with E-state index in [-0.39, 0.29) is 0 Å². The van der Waals surface area contributed by atoms with Crippen LogP contribution in [0.15, 0.2) is 6.20 Å². The molecule has 0 aliphatic rings. The molecule has 0 fully saturated rings. The SMILES string of the molecule is COc1ncc(C(C)(C=O)N(C)C(=O)OC(C)(C)C)s1. The van der Waals surface area contributed by atoms with Gasteiger partial charge in [0.05, 0.1) is 12.0 Å². The smallest absolute Gasteiger partial charge is 0.411 e. The first-order valence-corrected chi connectivity index (χ1v) is 6.89. The summed E-state index contributed by atoms with van der Waals surface area (Å²) >= 11 is 1.21. The minimum Gasteiger partial charge on any atom is -0.473 e. The monoisotopic (exact) mass is 300 g/mol. The Morgan fingerprint density at radius 1 is 1.40 bits per heavy atom. The van der Waals surface area contributed by atoms with E-state index in [1.54, 1.807) is 27.7 Å². The lowest BCUT2D eigenvalue weighted by Crippen LogP contribution is -2.47. The first-order chi connectivity index (χ1) is 9.14. The highest BCUT2D eigenvalue weighted by Gasteiger charge is 2.38. The maximum Gasteiger partial charge on any atom is 0.411 e. The minimum atomic E-state index is -1.14. The largest absolute Gasteiger partial charge is 0.473 e. The molecule has 112 valence electrons. The van der Waals surface area contributed by atoms with E-state index in [0.717, 1.165) is 0 Å². The fourth-order valence-corrected chi connectivity index (χ4v) is 2.28. The van der Waals surface area contributed by atoms with Crippen LogP contribution in [-0.2, 0) is 15.1 Å². The van der Waals surface area contributed by atoms with Crippen LogP contribution in [0, 0.1) is 0 Å². The number of ether oxygens (including phenoxy) is 2. The summed E-state index contributed by atoms with van der Waals surface area (Å²) < 4.78 is 10.3. The Balaban J connectivity index is 3.03. The van der Waals surface area contributed by atoms with Crippen LogP contribution >= 0.6 is 11.3 Å². The predicted octanol–water partition coefficient (Wildman–Crippen LogP) is 2.43. The topological polar surface area (TPSA) is 68.7 Å². The van der Waals surface area contributed by atoms with Crippen molar-refractivity contribution < 1.29 is 19.1 Å². The van der Waals surface area contributed by atoms with E-state index in [4.69, 9.17) is 9.47 Å². The predicted molar refractivity (Wildman–Crippen MR) is 76.1 cm³/mol. The third-order valence-electron chi connectivity index (χ3n) is 2.75. The number of carbonyl (C=O) groups is 2. The van der Waals surface area contributed by atoms with Crippen molar-refractivity contribution >= 4 is 23.7 Å². The van der Waals surface area contributed by atoms with Crippen LogP contribution < -0.4 is 4.74 Å². The number of hydrogen-bond acceptors (Lipinski definition) is 6. The van der Waals surface area contributed by atoms with Crippen molar-refractivity contribution in [2.24, 2.45) is 0 Å². The zero-order valence-electron chi connectivity index (χ0n) is 12.6. The van der Waals surface area contributed by atoms with Crippen LogP contribution in [0.4, 0.5) is 4.79 Å². The number of thiazole rings is 1. The molecule has 1 atom stereocenters. The number of likely N-dealkylation sites (N-methyl/N-ethyl adjacent to an activating group) is 1. The van der Waals surface area contributed by atoms with E-state index in [1.807, 2.05) is 0 Å². The minimum absolute atomic E-state index is 0.436. The highest BCUT2D eigenvalue weighted by Crippen LogP contribution is 2.33. The second kappa shape index (κ2) is 5.78. The lowest BCUT2D eigenvalue weighted by Gasteiger charge is -2.34. The van der Waals surface area contributed by atoms with Crippen LogP contribution in [0.1, 0.15) is 32.6 Å². The molecule has 0 N–H and O–H groups in total. The average Bonchev–Trinajstić information content (AvgIpc) is 2.84. The summed E-state index contributed by atoms with van der Waals surface area (Å²) in [6, 6.07) is 0. The van der Waals surface area contributed by atoms with Gasteiger partial charge in [0.2, 0.25) is 0 Å². The summed E-state index contributed by atoms with van der Waals surface area (Å²) in [5.41, 5.74) is -1.77. The first-order valence-electron chi connectivity index (χ1n) is 6.07. The molecule has 1 rings (SSSR count). The van der Waals surface area contributed by atoms with Gasteiger partial charge >= 0.3 is 6.09 Å². The zero-order valence-corrected chi connectivity index (χ0v) is 13.4. The molecular formula is C13H20N2O4S. The van der Waals surface area contributed by atoms with Crippen molar-refractivity contribution in [3.63, 3.8) is 0 Å². The summed E-state index contributed by atoms with van der Waals surface area (Å²) in [7, 11) is 3.02. The van der Waals surface area contributed by atoms with Gasteiger partial charge in [0, 0.05) is 13.2 Å². The number of aromatic nitrogens is 1. The normalized spacial score (nSPS) is 14.3. The summed E-state index contributed by atoms with van der Waals surface area (Å²) in [6.07, 6.45) is 1.65. The zero-order chi connectivity index (χ0) is 15.6. The third kappa shape index (κ3) is 3.47. The Morgan fingerprint density at radius 3 is 2.40 bits per heavy atom. The number of nitrogens with zero attached hydrogens (tertiary/aromatic N) is 2. The van der Waals surface area contributed by atoms with Gasteiger partial charge in [0.1, 0.15) is 11.1 Å². The number of hydrogen-bond donors (Lipinski definition) is 0. The van der Waals surface area contributed by atoms with Crippen LogP contribution in [0.3, 0.4) is 0 Å². The number of carbonyl (C=O) groups excluding carboxylic acids is 2. The van der Waals surface area contributed by atoms with E-state index in [9.17, 15) is 9.59 Å². The molecule has 1 heterocycles. The third-order valence-corrected chi connectivity index (χ3v) is 3.94. The van der Waals surface area contributed by atoms with Gasteiger partial charge in [-0.2, -0.15) is 0 Å². The van der Waals surface area contributed by atoms with Gasteiger partial charge in [-0.15, -0.1) is 0 Å². The molecule has 1 aromatic rings. The Morgan fingerprint density at radius 2 is 2.00 bits per heavy atom. The molecule has 0 aliphatic carbocycles. The standard InChI is InChI=1S/C13H20N2O4S/c1-12(2,3)19-11(17)15(5)13(4,8-16)9-7-14-10(18-6)20-9/h7-8H,1-6H3. The fraction of sp³-hybridized carbons (Fsp3) is 0.615. The van der Waals surface area contributed by atoms with E-state index in [1.165, 1.54) is 36.6 Å². The molecule has 1 amide bonds. The molecule has 0 bridgehead atoms. The van der Waals surface area contributed by atoms with Crippen molar-refractivity contribution in [2.75, 3.05) is 14.2 Å². The van der Waals surface area contributed by atoms with Gasteiger partial charge in [-0.25, -0.2) is 9.78 Å². The maximum absolute atomic E-state index is 12.1. The summed E-state index contributed by atoms with van der Waals surface area (Å²) in [4.78, 5) is 29.5. The highest BCUT2D eigenvalue weighted by molar-refractivity contribution is 7.13. The number of amides is 1. The maximum atomic E-state index is 12.1. The van der Waals surface area contributed by atoms with E-state index in [0.29, 0.717) is 16.4 Å². The van der Waals surface area contributed by atoms with Crippen molar-refractivity contribution in [3.05, 3.63) is 11.1 Å². The highest BCUT2D eigenvalue weighted by atomic mass is 32.1. The summed E-state index contributed by atoms with van der Waals surface area (Å²) in [5, 5.41) is 0.436. The van der Waals surface area contributed by atoms with Crippen LogP contribution in [0.2, 0.25) is 0 Å². The molecule has 20 heavy (non-hydrogen) atoms. The fourth-order valence-electron chi connectivity index (χ4n) is 1.41. The number of methoxy groups -OCH3 is 1. The molecule has 0 spiro atoms. The lowest BCUT2D eigenvalue weighted by atomic mass is 10.0. The molecule has 7 heteroatoms. The van der Waals surface area contributed by atoms with Crippen LogP contribution in [-0.4, -0.2) is 42.0 Å². The Bertz CT molecular complexity index is 495. The average molecular weight is 300 g/mol. The van der Waals surface area contributed by atoms with E-state index >= 15 is 0 Å². The summed E-state index contributed by atoms with van der Waals surface area (Å²) in [5.74, 6) is 0. The quantitative estimate of drug-likeness (QED) is 0.799. The van der Waals surface area contributed by atoms with Gasteiger partial charge in [0.25, 0.3) is 5.19 Å². The Labute approximate surface area is 122 Å². The lowest BCUT2D eigenvalue weighted by molar-refractivity contribution is -0.117. The number of rotatable bonds is 4. The van der Waals surface area contributed by atoms with Gasteiger partial charge in [-0.05, 0) is 27.7 Å². The second-order valence-electron chi connectivity index (χ2n) is 5.50. The summed E-state index contributed by atoms with van der Waals surface area (Å²) in [6.45, 7) is 6.95. The van der Waals surface area contributed by atoms with Crippen LogP contribution in [0.25, 0.3) is 0 Å². The van der Waals surface area contributed by atoms with Crippen molar-refractivity contribution in [3.8, 4) is 5.19 Å². The molecule has 1 unspecified atom stereocenters. The Hall–Kier alpha value is -1.63. The first kappa shape index (κ1) is 16.4. The van der Waals surface area contributed by atoms with Gasteiger partial charge in [-0.1, -0.05) is 11.3 Å². The van der Waals surface area contributed by atoms with Crippen molar-refractivity contribution in [1.82, 2.24) is 9.88 Å². The van der Waals surface area contributed by atoms with E-state index < -0.39 is 17.2 Å². The van der Waals surface area contributed by atoms with Gasteiger partial charge < -0.3 is 14.3 Å². The van der Waals surface area contributed by atoms with Crippen molar-refractivity contribution in [1.29, 1.82) is 0 Å². The molecule has 6 nitrogen and oxygen atoms in total. The van der Waals surface area contributed by atoms with E-state index in [2.05, 4.69) is 4.98 Å². The van der Waals surface area contributed by atoms with Gasteiger partial charge in [-0.3, -0.25) is 4.90 Å². The molecule has 0 saturated carbocycles. The van der Waals surface area contributed by atoms with Crippen molar-refractivity contribution in [2.45, 2.75) is 38.8 Å². The Kier molecular flexibility index (Phi) is 4.75. The molecule has 0 aromatic carbocycles. The number of aldehydes is 1. The van der Waals surface area contributed by atoms with Gasteiger partial charge in [0.15, 0.2) is 6.29 Å². The second-order valence-corrected chi connectivity index (χ2v) is 6.49. The molecular weight excluding hydrogens is 280 g/mol. The molecule has 1 aromatic heterocycles.